The second-order valence-electron chi connectivity index (χ2n) is 8.13. The number of alkyl halides is 3. The van der Waals surface area contributed by atoms with Gasteiger partial charge in [0.15, 0.2) is 0 Å². The number of nitrogens with one attached hydrogen (secondary N) is 1. The number of rotatable bonds is 7. The van der Waals surface area contributed by atoms with Gasteiger partial charge in [-0.25, -0.2) is 4.79 Å². The molecule has 1 amide bonds. The summed E-state index contributed by atoms with van der Waals surface area (Å²) in [5, 5.41) is 14.9. The van der Waals surface area contributed by atoms with Crippen molar-refractivity contribution in [3.63, 3.8) is 0 Å². The minimum atomic E-state index is -5.08. The number of likely N-dealkylation sites (N-methyl/N-ethyl adjacent to an activating group) is 1. The highest BCUT2D eigenvalue weighted by Gasteiger charge is 2.38. The minimum Gasteiger partial charge on any atom is -0.475 e. The molecule has 11 heteroatoms. The molecule has 8 nitrogen and oxygen atoms in total. The van der Waals surface area contributed by atoms with Gasteiger partial charge < -0.3 is 19.7 Å². The highest BCUT2D eigenvalue weighted by atomic mass is 19.4. The van der Waals surface area contributed by atoms with Crippen LogP contribution >= 0.6 is 0 Å². The lowest BCUT2D eigenvalue weighted by Gasteiger charge is -2.10. The second-order valence-corrected chi connectivity index (χ2v) is 8.13. The van der Waals surface area contributed by atoms with Crippen LogP contribution < -0.4 is 5.32 Å². The molecule has 0 radical (unpaired) electrons. The molecule has 0 aliphatic heterocycles. The van der Waals surface area contributed by atoms with Crippen molar-refractivity contribution in [1.82, 2.24) is 24.4 Å². The molecule has 33 heavy (non-hydrogen) atoms. The number of nitrogens with zero attached hydrogens (tertiary/aromatic N) is 4. The third-order valence-electron chi connectivity index (χ3n) is 5.05. The number of fused-ring (bicyclic) bond motifs is 1. The Labute approximate surface area is 188 Å². The molecular formula is C22H26F3N5O3. The van der Waals surface area contributed by atoms with Crippen LogP contribution in [0.5, 0.6) is 0 Å². The van der Waals surface area contributed by atoms with Crippen LogP contribution in [0, 0.1) is 5.92 Å². The number of hydrogen-bond donors (Lipinski definition) is 2. The van der Waals surface area contributed by atoms with Crippen LogP contribution in [0.25, 0.3) is 16.9 Å². The fourth-order valence-electron chi connectivity index (χ4n) is 3.19. The number of carboxylic acids is 1. The van der Waals surface area contributed by atoms with E-state index in [1.54, 1.807) is 0 Å². The molecule has 3 aromatic heterocycles. The summed E-state index contributed by atoms with van der Waals surface area (Å²) < 4.78 is 35.8. The van der Waals surface area contributed by atoms with Gasteiger partial charge in [-0.1, -0.05) is 6.07 Å². The molecule has 0 spiro atoms. The number of amides is 1. The van der Waals surface area contributed by atoms with Crippen LogP contribution in [-0.2, 0) is 11.3 Å². The fourth-order valence-corrected chi connectivity index (χ4v) is 3.19. The molecule has 4 rings (SSSR count). The molecular weight excluding hydrogens is 439 g/mol. The van der Waals surface area contributed by atoms with Crippen molar-refractivity contribution in [3.8, 4) is 11.4 Å². The van der Waals surface area contributed by atoms with Crippen LogP contribution in [0.4, 0.5) is 13.2 Å². The van der Waals surface area contributed by atoms with Crippen molar-refractivity contribution >= 4 is 17.4 Å². The molecule has 0 atom stereocenters. The van der Waals surface area contributed by atoms with Crippen LogP contribution in [-0.4, -0.2) is 69.4 Å². The Balaban J connectivity index is 0.000000383. The number of aromatic nitrogens is 3. The lowest BCUT2D eigenvalue weighted by atomic mass is 10.2. The van der Waals surface area contributed by atoms with E-state index in [1.165, 1.54) is 12.8 Å². The standard InChI is InChI=1S/C20H25N5O.C2HF3O2/c1-23(2)12-9-21-20(26)16-13-19(25-10-4-3-5-18(16)25)17-8-11-24(22-17)14-15-6-7-15;3-2(4,5)1(6)7/h3-5,8,10-11,13,15H,6-7,9,12,14H2,1-2H3,(H,21,26);(H,6,7). The number of pyridine rings is 1. The van der Waals surface area contributed by atoms with E-state index in [9.17, 15) is 18.0 Å². The quantitative estimate of drug-likeness (QED) is 0.560. The minimum absolute atomic E-state index is 0.0424. The molecule has 0 bridgehead atoms. The lowest BCUT2D eigenvalue weighted by Crippen LogP contribution is -2.31. The summed E-state index contributed by atoms with van der Waals surface area (Å²) in [5.74, 6) is -2.02. The Kier molecular flexibility index (Phi) is 7.42. The molecule has 0 unspecified atom stereocenters. The Bertz CT molecular complexity index is 1120. The number of carboxylic acid groups (broad SMARTS) is 1. The van der Waals surface area contributed by atoms with Crippen molar-refractivity contribution in [1.29, 1.82) is 0 Å². The van der Waals surface area contributed by atoms with Gasteiger partial charge in [-0.2, -0.15) is 18.3 Å². The largest absolute Gasteiger partial charge is 0.490 e. The number of halogens is 3. The highest BCUT2D eigenvalue weighted by Crippen LogP contribution is 2.31. The molecule has 1 fully saturated rings. The van der Waals surface area contributed by atoms with E-state index in [2.05, 4.69) is 10.2 Å². The van der Waals surface area contributed by atoms with Crippen molar-refractivity contribution in [2.45, 2.75) is 25.6 Å². The molecule has 0 aromatic carbocycles. The molecule has 3 heterocycles. The summed E-state index contributed by atoms with van der Waals surface area (Å²) in [5.41, 5.74) is 3.45. The van der Waals surface area contributed by atoms with Gasteiger partial charge in [0.1, 0.15) is 5.69 Å². The van der Waals surface area contributed by atoms with Crippen molar-refractivity contribution in [2.24, 2.45) is 5.92 Å². The Morgan fingerprint density at radius 3 is 2.52 bits per heavy atom. The van der Waals surface area contributed by atoms with E-state index >= 15 is 0 Å². The lowest BCUT2D eigenvalue weighted by molar-refractivity contribution is -0.192. The van der Waals surface area contributed by atoms with Crippen LogP contribution in [0.1, 0.15) is 23.2 Å². The van der Waals surface area contributed by atoms with Crippen molar-refractivity contribution < 1.29 is 27.9 Å². The summed E-state index contributed by atoms with van der Waals surface area (Å²) in [4.78, 5) is 23.6. The number of carbonyl (C=O) groups excluding carboxylic acids is 1. The molecule has 178 valence electrons. The van der Waals surface area contributed by atoms with Crippen molar-refractivity contribution in [3.05, 3.63) is 48.3 Å². The molecule has 1 saturated carbocycles. The van der Waals surface area contributed by atoms with E-state index in [0.717, 1.165) is 35.9 Å². The van der Waals surface area contributed by atoms with E-state index in [0.29, 0.717) is 12.1 Å². The molecule has 1 aliphatic carbocycles. The summed E-state index contributed by atoms with van der Waals surface area (Å²) in [7, 11) is 3.99. The van der Waals surface area contributed by atoms with Gasteiger partial charge in [-0.05, 0) is 57.1 Å². The average Bonchev–Trinajstić information content (AvgIpc) is 3.29. The zero-order valence-corrected chi connectivity index (χ0v) is 18.3. The first-order valence-corrected chi connectivity index (χ1v) is 10.4. The van der Waals surface area contributed by atoms with Gasteiger partial charge in [-0.15, -0.1) is 0 Å². The Morgan fingerprint density at radius 1 is 1.21 bits per heavy atom. The molecule has 3 aromatic rings. The van der Waals surface area contributed by atoms with Crippen LogP contribution in [0.3, 0.4) is 0 Å². The first-order valence-electron chi connectivity index (χ1n) is 10.4. The van der Waals surface area contributed by atoms with Crippen molar-refractivity contribution in [2.75, 3.05) is 27.2 Å². The summed E-state index contributed by atoms with van der Waals surface area (Å²) >= 11 is 0. The van der Waals surface area contributed by atoms with E-state index in [-0.39, 0.29) is 5.91 Å². The van der Waals surface area contributed by atoms with Gasteiger partial charge in [-0.3, -0.25) is 9.48 Å². The summed E-state index contributed by atoms with van der Waals surface area (Å²) in [6, 6.07) is 9.90. The van der Waals surface area contributed by atoms with Gasteiger partial charge in [0, 0.05) is 32.0 Å². The zero-order chi connectivity index (χ0) is 24.2. The number of carbonyl (C=O) groups is 2. The zero-order valence-electron chi connectivity index (χ0n) is 18.3. The predicted molar refractivity (Wildman–Crippen MR) is 116 cm³/mol. The maximum atomic E-state index is 12.7. The summed E-state index contributed by atoms with van der Waals surface area (Å²) in [6.07, 6.45) is 1.55. The Morgan fingerprint density at radius 2 is 1.91 bits per heavy atom. The Hall–Kier alpha value is -3.34. The van der Waals surface area contributed by atoms with E-state index < -0.39 is 12.1 Å². The van der Waals surface area contributed by atoms with Gasteiger partial charge >= 0.3 is 12.1 Å². The first-order chi connectivity index (χ1) is 15.6. The predicted octanol–water partition coefficient (Wildman–Crippen LogP) is 3.14. The van der Waals surface area contributed by atoms with Crippen LogP contribution in [0.2, 0.25) is 0 Å². The third kappa shape index (κ3) is 6.58. The SMILES string of the molecule is CN(C)CCNC(=O)c1cc(-c2ccn(CC3CC3)n2)n2ccccc12.O=C(O)C(F)(F)F. The number of aliphatic carboxylic acids is 1. The topological polar surface area (TPSA) is 91.9 Å². The second kappa shape index (κ2) is 10.1. The summed E-state index contributed by atoms with van der Waals surface area (Å²) in [6.45, 7) is 2.43. The van der Waals surface area contributed by atoms with E-state index in [1.807, 2.05) is 65.9 Å². The maximum Gasteiger partial charge on any atom is 0.490 e. The van der Waals surface area contributed by atoms with E-state index in [4.69, 9.17) is 15.0 Å². The van der Waals surface area contributed by atoms with Gasteiger partial charge in [0.2, 0.25) is 0 Å². The first kappa shape index (κ1) is 24.3. The third-order valence-corrected chi connectivity index (χ3v) is 5.05. The normalized spacial score (nSPS) is 13.6. The smallest absolute Gasteiger partial charge is 0.475 e. The van der Waals surface area contributed by atoms with Gasteiger partial charge in [0.25, 0.3) is 5.91 Å². The van der Waals surface area contributed by atoms with Gasteiger partial charge in [0.05, 0.1) is 16.8 Å². The molecule has 2 N–H and O–H groups in total. The molecule has 0 saturated heterocycles. The fraction of sp³-hybridized carbons (Fsp3) is 0.409. The average molecular weight is 465 g/mol. The maximum absolute atomic E-state index is 12.7. The van der Waals surface area contributed by atoms with Crippen LogP contribution in [0.15, 0.2) is 42.7 Å². The number of hydrogen-bond acceptors (Lipinski definition) is 4. The highest BCUT2D eigenvalue weighted by molar-refractivity contribution is 6.02. The monoisotopic (exact) mass is 465 g/mol. The molecule has 1 aliphatic rings.